The normalized spacial score (nSPS) is 25.0. The van der Waals surface area contributed by atoms with Crippen molar-refractivity contribution in [3.8, 4) is 0 Å². The summed E-state index contributed by atoms with van der Waals surface area (Å²) in [6, 6.07) is 16.6. The number of benzene rings is 2. The van der Waals surface area contributed by atoms with Crippen molar-refractivity contribution < 1.29 is 14.3 Å². The van der Waals surface area contributed by atoms with Crippen LogP contribution in [0.3, 0.4) is 0 Å². The summed E-state index contributed by atoms with van der Waals surface area (Å²) in [7, 11) is 3.58. The highest BCUT2D eigenvalue weighted by Gasteiger charge is 2.49. The van der Waals surface area contributed by atoms with Gasteiger partial charge in [-0.15, -0.1) is 0 Å². The largest absolute Gasteiger partial charge is 0.469 e. The average Bonchev–Trinajstić information content (AvgIpc) is 3.14. The van der Waals surface area contributed by atoms with E-state index in [0.29, 0.717) is 25.3 Å². The van der Waals surface area contributed by atoms with Crippen molar-refractivity contribution in [3.05, 3.63) is 69.8 Å². The van der Waals surface area contributed by atoms with Gasteiger partial charge in [-0.1, -0.05) is 59.6 Å². The van der Waals surface area contributed by atoms with Crippen LogP contribution in [-0.2, 0) is 22.5 Å². The Kier molecular flexibility index (Phi) is 6.38. The molecule has 2 heterocycles. The van der Waals surface area contributed by atoms with Crippen molar-refractivity contribution in [2.24, 2.45) is 17.8 Å². The van der Waals surface area contributed by atoms with Crippen LogP contribution in [0, 0.1) is 17.8 Å². The molecule has 0 N–H and O–H groups in total. The lowest BCUT2D eigenvalue weighted by Gasteiger charge is -2.48. The fraction of sp³-hybridized carbons (Fsp3) is 0.429. The molecule has 1 aliphatic heterocycles. The van der Waals surface area contributed by atoms with E-state index in [9.17, 15) is 9.59 Å². The number of hydrogen-bond acceptors (Lipinski definition) is 4. The summed E-state index contributed by atoms with van der Waals surface area (Å²) in [5.41, 5.74) is 4.10. The van der Waals surface area contributed by atoms with Gasteiger partial charge in [-0.2, -0.15) is 0 Å². The molecule has 6 heteroatoms. The van der Waals surface area contributed by atoms with Gasteiger partial charge >= 0.3 is 5.97 Å². The fourth-order valence-electron chi connectivity index (χ4n) is 6.33. The molecule has 1 aromatic heterocycles. The van der Waals surface area contributed by atoms with Crippen molar-refractivity contribution in [1.29, 1.82) is 0 Å². The molecular formula is C28H31BrN2O3. The number of nitrogens with zero attached hydrogens (tertiary/aromatic N) is 2. The Balaban J connectivity index is 1.69. The summed E-state index contributed by atoms with van der Waals surface area (Å²) < 4.78 is 8.52. The number of Topliss-reactive ketones (excluding diaryl/α,β-unsaturated/α-hetero) is 1. The van der Waals surface area contributed by atoms with Gasteiger partial charge in [0.25, 0.3) is 0 Å². The van der Waals surface area contributed by atoms with Gasteiger partial charge in [-0.25, -0.2) is 0 Å². The number of likely N-dealkylation sites (N-methyl/N-ethyl adjacent to an activating group) is 1. The molecule has 0 amide bonds. The van der Waals surface area contributed by atoms with Gasteiger partial charge in [0.05, 0.1) is 18.7 Å². The standard InChI is InChI=1S/C28H31BrN2O3/c1-4-18-16-30(2)24-13-22-20-7-5-6-8-23(20)31(15-17-9-11-19(29)12-10-17)27(22)25(32)14-21(18)26(24)28(33)34-3/h5-12,18,21,24,26H,4,13-16H2,1-3H3/t18-,21-,24+,26?/m1/s1. The van der Waals surface area contributed by atoms with E-state index in [-0.39, 0.29) is 29.6 Å². The average molecular weight is 523 g/mol. The van der Waals surface area contributed by atoms with Gasteiger partial charge in [0.2, 0.25) is 0 Å². The fourth-order valence-corrected chi connectivity index (χ4v) is 6.59. The van der Waals surface area contributed by atoms with E-state index in [0.717, 1.165) is 45.2 Å². The second-order valence-corrected chi connectivity index (χ2v) is 10.7. The number of ketones is 1. The molecule has 4 atom stereocenters. The molecule has 2 aliphatic rings. The number of fused-ring (bicyclic) bond motifs is 5. The van der Waals surface area contributed by atoms with E-state index in [1.165, 1.54) is 7.11 Å². The van der Waals surface area contributed by atoms with Crippen LogP contribution in [0.1, 0.15) is 41.4 Å². The molecule has 0 spiro atoms. The highest BCUT2D eigenvalue weighted by atomic mass is 79.9. The smallest absolute Gasteiger partial charge is 0.310 e. The van der Waals surface area contributed by atoms with Crippen LogP contribution in [0.4, 0.5) is 0 Å². The molecule has 0 radical (unpaired) electrons. The third-order valence-corrected chi connectivity index (χ3v) is 8.52. The van der Waals surface area contributed by atoms with Crippen LogP contribution >= 0.6 is 15.9 Å². The predicted molar refractivity (Wildman–Crippen MR) is 137 cm³/mol. The van der Waals surface area contributed by atoms with E-state index < -0.39 is 0 Å². The molecular weight excluding hydrogens is 492 g/mol. The maximum absolute atomic E-state index is 14.0. The van der Waals surface area contributed by atoms with E-state index in [1.54, 1.807) is 0 Å². The zero-order valence-electron chi connectivity index (χ0n) is 20.0. The topological polar surface area (TPSA) is 51.5 Å². The highest BCUT2D eigenvalue weighted by molar-refractivity contribution is 9.10. The Morgan fingerprint density at radius 1 is 1.12 bits per heavy atom. The summed E-state index contributed by atoms with van der Waals surface area (Å²) in [6.45, 7) is 3.70. The van der Waals surface area contributed by atoms with Crippen molar-refractivity contribution in [1.82, 2.24) is 9.47 Å². The number of aromatic nitrogens is 1. The number of esters is 1. The lowest BCUT2D eigenvalue weighted by molar-refractivity contribution is -0.154. The lowest BCUT2D eigenvalue weighted by atomic mass is 9.67. The zero-order chi connectivity index (χ0) is 24.0. The Bertz CT molecular complexity index is 1230. The van der Waals surface area contributed by atoms with Crippen LogP contribution in [0.2, 0.25) is 0 Å². The minimum atomic E-state index is -0.292. The van der Waals surface area contributed by atoms with E-state index >= 15 is 0 Å². The Labute approximate surface area is 209 Å². The second kappa shape index (κ2) is 9.31. The monoisotopic (exact) mass is 522 g/mol. The highest BCUT2D eigenvalue weighted by Crippen LogP contribution is 2.43. The molecule has 5 nitrogen and oxygen atoms in total. The Morgan fingerprint density at radius 2 is 1.85 bits per heavy atom. The van der Waals surface area contributed by atoms with Crippen molar-refractivity contribution in [2.45, 2.75) is 38.8 Å². The van der Waals surface area contributed by atoms with Gasteiger partial charge in [-0.05, 0) is 54.6 Å². The molecule has 0 saturated carbocycles. The number of ether oxygens (including phenoxy) is 1. The number of hydrogen-bond donors (Lipinski definition) is 0. The minimum absolute atomic E-state index is 0.00144. The van der Waals surface area contributed by atoms with Gasteiger partial charge in [0.15, 0.2) is 5.78 Å². The zero-order valence-corrected chi connectivity index (χ0v) is 21.5. The maximum atomic E-state index is 14.0. The number of para-hydroxylation sites is 1. The molecule has 2 bridgehead atoms. The molecule has 3 aromatic rings. The molecule has 1 unspecified atom stereocenters. The molecule has 178 valence electrons. The summed E-state index contributed by atoms with van der Waals surface area (Å²) >= 11 is 3.52. The number of methoxy groups -OCH3 is 1. The third kappa shape index (κ3) is 3.91. The quantitative estimate of drug-likeness (QED) is 0.434. The summed E-state index contributed by atoms with van der Waals surface area (Å²) in [6.07, 6.45) is 1.99. The first-order valence-corrected chi connectivity index (χ1v) is 12.9. The number of rotatable bonds is 4. The molecule has 1 saturated heterocycles. The van der Waals surface area contributed by atoms with Crippen LogP contribution in [0.5, 0.6) is 0 Å². The third-order valence-electron chi connectivity index (χ3n) is 8.00. The SMILES string of the molecule is CC[C@@H]1CN(C)[C@H]2Cc3c(n(Cc4ccc(Br)cc4)c4ccccc34)C(=O)C[C@H]1C2C(=O)OC. The van der Waals surface area contributed by atoms with Gasteiger partial charge in [0, 0.05) is 40.9 Å². The summed E-state index contributed by atoms with van der Waals surface area (Å²) in [4.78, 5) is 29.4. The van der Waals surface area contributed by atoms with Crippen LogP contribution < -0.4 is 0 Å². The Morgan fingerprint density at radius 3 is 2.56 bits per heavy atom. The minimum Gasteiger partial charge on any atom is -0.469 e. The maximum Gasteiger partial charge on any atom is 0.310 e. The lowest BCUT2D eigenvalue weighted by Crippen LogP contribution is -2.56. The summed E-state index contributed by atoms with van der Waals surface area (Å²) in [5.74, 6) is -0.0449. The number of likely N-dealkylation sites (tertiary alicyclic amines) is 1. The van der Waals surface area contributed by atoms with Crippen molar-refractivity contribution >= 4 is 38.6 Å². The molecule has 34 heavy (non-hydrogen) atoms. The first-order valence-electron chi connectivity index (χ1n) is 12.1. The Hall–Kier alpha value is -2.44. The number of carbonyl (C=O) groups excluding carboxylic acids is 2. The van der Waals surface area contributed by atoms with E-state index in [2.05, 4.69) is 63.6 Å². The molecule has 5 rings (SSSR count). The second-order valence-electron chi connectivity index (χ2n) is 9.78. The van der Waals surface area contributed by atoms with Crippen molar-refractivity contribution in [2.75, 3.05) is 20.7 Å². The molecule has 2 aromatic carbocycles. The molecule has 1 fully saturated rings. The van der Waals surface area contributed by atoms with Crippen LogP contribution in [-0.4, -0.2) is 48.0 Å². The van der Waals surface area contributed by atoms with Gasteiger partial charge in [-0.3, -0.25) is 9.59 Å². The number of carbonyl (C=O) groups is 2. The van der Waals surface area contributed by atoms with Crippen LogP contribution in [0.25, 0.3) is 10.9 Å². The van der Waals surface area contributed by atoms with Gasteiger partial charge < -0.3 is 14.2 Å². The van der Waals surface area contributed by atoms with Crippen LogP contribution in [0.15, 0.2) is 53.0 Å². The van der Waals surface area contributed by atoms with Gasteiger partial charge in [0.1, 0.15) is 0 Å². The summed E-state index contributed by atoms with van der Waals surface area (Å²) in [5, 5.41) is 1.11. The predicted octanol–water partition coefficient (Wildman–Crippen LogP) is 5.33. The molecule has 1 aliphatic carbocycles. The number of halogens is 1. The van der Waals surface area contributed by atoms with E-state index in [4.69, 9.17) is 4.74 Å². The first kappa shape index (κ1) is 23.3. The van der Waals surface area contributed by atoms with E-state index in [1.807, 2.05) is 24.3 Å². The number of piperidine rings is 1. The van der Waals surface area contributed by atoms with Crippen molar-refractivity contribution in [3.63, 3.8) is 0 Å². The first-order chi connectivity index (χ1) is 16.4.